The van der Waals surface area contributed by atoms with Crippen LogP contribution < -0.4 is 5.32 Å². The van der Waals surface area contributed by atoms with Crippen molar-refractivity contribution in [2.24, 2.45) is 0 Å². The number of aromatic nitrogens is 2. The summed E-state index contributed by atoms with van der Waals surface area (Å²) in [5.74, 6) is -0.229. The number of carbonyl (C=O) groups is 1. The molecule has 1 aromatic heterocycles. The van der Waals surface area contributed by atoms with E-state index in [0.29, 0.717) is 5.69 Å². The molecule has 1 N–H and O–H groups in total. The number of nitrogens with zero attached hydrogens (tertiary/aromatic N) is 2. The van der Waals surface area contributed by atoms with E-state index >= 15 is 0 Å². The molecule has 0 aliphatic rings. The molecule has 1 amide bonds. The van der Waals surface area contributed by atoms with Crippen LogP contribution in [0.1, 0.15) is 27.2 Å². The predicted molar refractivity (Wildman–Crippen MR) is 143 cm³/mol. The summed E-state index contributed by atoms with van der Waals surface area (Å²) in [5.41, 5.74) is 9.48. The Labute approximate surface area is 205 Å². The first-order valence-corrected chi connectivity index (χ1v) is 11.7. The Morgan fingerprint density at radius 2 is 1.37 bits per heavy atom. The Morgan fingerprint density at radius 1 is 0.686 bits per heavy atom. The third-order valence-corrected chi connectivity index (χ3v) is 6.12. The molecule has 0 atom stereocenters. The van der Waals surface area contributed by atoms with Gasteiger partial charge in [-0.1, -0.05) is 78.9 Å². The number of hydrogen-bond donors (Lipinski definition) is 1. The lowest BCUT2D eigenvalue weighted by Crippen LogP contribution is -2.14. The molecule has 0 saturated carbocycles. The highest BCUT2D eigenvalue weighted by molar-refractivity contribution is 6.04. The monoisotopic (exact) mass is 457 g/mol. The van der Waals surface area contributed by atoms with Gasteiger partial charge in [0.2, 0.25) is 0 Å². The Balaban J connectivity index is 1.54. The topological polar surface area (TPSA) is 46.9 Å². The Hall–Kier alpha value is -4.44. The molecule has 0 bridgehead atoms. The second-order valence-electron chi connectivity index (χ2n) is 8.88. The third kappa shape index (κ3) is 4.78. The summed E-state index contributed by atoms with van der Waals surface area (Å²) in [6.07, 6.45) is 0. The zero-order valence-corrected chi connectivity index (χ0v) is 20.1. The normalized spacial score (nSPS) is 10.8. The smallest absolute Gasteiger partial charge is 0.276 e. The second kappa shape index (κ2) is 9.43. The van der Waals surface area contributed by atoms with Gasteiger partial charge < -0.3 is 5.32 Å². The fraction of sp³-hybridized carbons (Fsp3) is 0.0968. The van der Waals surface area contributed by atoms with E-state index in [4.69, 9.17) is 5.10 Å². The first-order chi connectivity index (χ1) is 17.0. The maximum absolute atomic E-state index is 13.2. The summed E-state index contributed by atoms with van der Waals surface area (Å²) in [6.45, 7) is 6.05. The van der Waals surface area contributed by atoms with E-state index in [9.17, 15) is 4.79 Å². The fourth-order valence-electron chi connectivity index (χ4n) is 4.18. The minimum atomic E-state index is -0.229. The average molecular weight is 458 g/mol. The average Bonchev–Trinajstić information content (AvgIpc) is 3.33. The number of aryl methyl sites for hydroxylation is 3. The summed E-state index contributed by atoms with van der Waals surface area (Å²) in [5, 5.41) is 7.77. The third-order valence-electron chi connectivity index (χ3n) is 6.12. The maximum atomic E-state index is 13.2. The maximum Gasteiger partial charge on any atom is 0.276 e. The molecule has 0 saturated heterocycles. The number of carbonyl (C=O) groups excluding carboxylic acids is 1. The number of hydrogen-bond acceptors (Lipinski definition) is 2. The molecule has 172 valence electrons. The van der Waals surface area contributed by atoms with Gasteiger partial charge in [-0.2, -0.15) is 5.10 Å². The Bertz CT molecular complexity index is 1500. The molecule has 0 unspecified atom stereocenters. The molecule has 4 nitrogen and oxygen atoms in total. The van der Waals surface area contributed by atoms with Crippen LogP contribution in [0.4, 0.5) is 5.69 Å². The number of anilines is 1. The predicted octanol–water partition coefficient (Wildman–Crippen LogP) is 7.38. The fourth-order valence-corrected chi connectivity index (χ4v) is 4.18. The summed E-state index contributed by atoms with van der Waals surface area (Å²) in [4.78, 5) is 13.2. The number of nitrogens with one attached hydrogen (secondary N) is 1. The molecular weight excluding hydrogens is 430 g/mol. The van der Waals surface area contributed by atoms with Crippen molar-refractivity contribution in [1.29, 1.82) is 0 Å². The van der Waals surface area contributed by atoms with E-state index in [2.05, 4.69) is 60.8 Å². The molecule has 0 fully saturated rings. The quantitative estimate of drug-likeness (QED) is 0.299. The van der Waals surface area contributed by atoms with Crippen molar-refractivity contribution < 1.29 is 4.79 Å². The number of benzene rings is 4. The van der Waals surface area contributed by atoms with E-state index in [1.165, 1.54) is 5.56 Å². The zero-order valence-electron chi connectivity index (χ0n) is 20.1. The lowest BCUT2D eigenvalue weighted by molar-refractivity contribution is 0.102. The molecule has 4 aromatic carbocycles. The van der Waals surface area contributed by atoms with Gasteiger partial charge in [-0.05, 0) is 72.9 Å². The molecule has 1 heterocycles. The molecular formula is C31H27N3O. The van der Waals surface area contributed by atoms with E-state index < -0.39 is 0 Å². The van der Waals surface area contributed by atoms with Crippen molar-refractivity contribution in [3.05, 3.63) is 126 Å². The van der Waals surface area contributed by atoms with Gasteiger partial charge in [-0.15, -0.1) is 0 Å². The van der Waals surface area contributed by atoms with Crippen LogP contribution in [-0.2, 0) is 0 Å². The van der Waals surface area contributed by atoms with Gasteiger partial charge in [0.25, 0.3) is 5.91 Å². The summed E-state index contributed by atoms with van der Waals surface area (Å²) in [6, 6.07) is 34.7. The summed E-state index contributed by atoms with van der Waals surface area (Å²) in [7, 11) is 0. The summed E-state index contributed by atoms with van der Waals surface area (Å²) >= 11 is 0. The SMILES string of the molecule is Cc1cccc(-n2nc(C(=O)Nc3cc(C)ccc3C)cc2-c2ccc(-c3ccccc3)cc2)c1. The van der Waals surface area contributed by atoms with Crippen molar-refractivity contribution in [3.63, 3.8) is 0 Å². The van der Waals surface area contributed by atoms with E-state index in [-0.39, 0.29) is 5.91 Å². The van der Waals surface area contributed by atoms with Crippen molar-refractivity contribution in [2.45, 2.75) is 20.8 Å². The minimum absolute atomic E-state index is 0.229. The number of amides is 1. The van der Waals surface area contributed by atoms with Gasteiger partial charge in [-0.25, -0.2) is 4.68 Å². The molecule has 35 heavy (non-hydrogen) atoms. The van der Waals surface area contributed by atoms with E-state index in [1.54, 1.807) is 0 Å². The van der Waals surface area contributed by atoms with Crippen molar-refractivity contribution >= 4 is 11.6 Å². The van der Waals surface area contributed by atoms with Crippen LogP contribution in [0.15, 0.2) is 103 Å². The van der Waals surface area contributed by atoms with Crippen LogP contribution in [0.3, 0.4) is 0 Å². The first kappa shape index (κ1) is 22.4. The lowest BCUT2D eigenvalue weighted by atomic mass is 10.0. The largest absolute Gasteiger partial charge is 0.320 e. The second-order valence-corrected chi connectivity index (χ2v) is 8.88. The van der Waals surface area contributed by atoms with Gasteiger partial charge in [0.05, 0.1) is 11.4 Å². The van der Waals surface area contributed by atoms with E-state index in [1.807, 2.05) is 73.1 Å². The van der Waals surface area contributed by atoms with Crippen molar-refractivity contribution in [3.8, 4) is 28.1 Å². The van der Waals surface area contributed by atoms with Crippen LogP contribution in [0, 0.1) is 20.8 Å². The van der Waals surface area contributed by atoms with Gasteiger partial charge in [0, 0.05) is 11.3 Å². The van der Waals surface area contributed by atoms with Crippen LogP contribution >= 0.6 is 0 Å². The molecule has 5 rings (SSSR count). The lowest BCUT2D eigenvalue weighted by Gasteiger charge is -2.09. The molecule has 0 radical (unpaired) electrons. The Morgan fingerprint density at radius 3 is 2.11 bits per heavy atom. The highest BCUT2D eigenvalue weighted by Crippen LogP contribution is 2.28. The highest BCUT2D eigenvalue weighted by atomic mass is 16.2. The zero-order chi connectivity index (χ0) is 24.4. The first-order valence-electron chi connectivity index (χ1n) is 11.7. The van der Waals surface area contributed by atoms with E-state index in [0.717, 1.165) is 44.9 Å². The van der Waals surface area contributed by atoms with Gasteiger partial charge >= 0.3 is 0 Å². The molecule has 0 spiro atoms. The molecule has 0 aliphatic heterocycles. The van der Waals surface area contributed by atoms with Crippen LogP contribution in [0.25, 0.3) is 28.1 Å². The molecule has 5 aromatic rings. The molecule has 0 aliphatic carbocycles. The standard InChI is InChI=1S/C31H27N3O/c1-21-8-7-11-27(18-21)34-30(26-16-14-25(15-17-26)24-9-5-4-6-10-24)20-29(33-34)31(35)32-28-19-22(2)12-13-23(28)3/h4-20H,1-3H3,(H,32,35). The van der Waals surface area contributed by atoms with Crippen LogP contribution in [-0.4, -0.2) is 15.7 Å². The van der Waals surface area contributed by atoms with Gasteiger partial charge in [0.1, 0.15) is 0 Å². The Kier molecular flexibility index (Phi) is 6.02. The van der Waals surface area contributed by atoms with Crippen molar-refractivity contribution in [1.82, 2.24) is 9.78 Å². The van der Waals surface area contributed by atoms with Gasteiger partial charge in [-0.3, -0.25) is 4.79 Å². The van der Waals surface area contributed by atoms with Crippen molar-refractivity contribution in [2.75, 3.05) is 5.32 Å². The van der Waals surface area contributed by atoms with Gasteiger partial charge in [0.15, 0.2) is 5.69 Å². The highest BCUT2D eigenvalue weighted by Gasteiger charge is 2.18. The minimum Gasteiger partial charge on any atom is -0.320 e. The number of rotatable bonds is 5. The molecule has 4 heteroatoms. The summed E-state index contributed by atoms with van der Waals surface area (Å²) < 4.78 is 1.85. The van der Waals surface area contributed by atoms with Crippen LogP contribution in [0.5, 0.6) is 0 Å². The van der Waals surface area contributed by atoms with Crippen LogP contribution in [0.2, 0.25) is 0 Å².